The van der Waals surface area contributed by atoms with Crippen LogP contribution in [0.2, 0.25) is 0 Å². The van der Waals surface area contributed by atoms with Crippen LogP contribution < -0.4 is 0 Å². The molecular weight excluding hydrogens is 265 g/mol. The molecule has 12 heavy (non-hydrogen) atoms. The number of nitrogens with zero attached hydrogens (tertiary/aromatic N) is 3. The molecule has 0 saturated carbocycles. The SMILES string of the molecule is Ic1ccc(-n2cnnc2)cc1. The van der Waals surface area contributed by atoms with E-state index in [4.69, 9.17) is 0 Å². The third-order valence-electron chi connectivity index (χ3n) is 1.54. The van der Waals surface area contributed by atoms with Crippen LogP contribution in [-0.2, 0) is 0 Å². The first-order chi connectivity index (χ1) is 5.86. The van der Waals surface area contributed by atoms with Crippen LogP contribution in [0.3, 0.4) is 0 Å². The summed E-state index contributed by atoms with van der Waals surface area (Å²) in [6.07, 6.45) is 3.37. The molecule has 0 atom stereocenters. The van der Waals surface area contributed by atoms with E-state index >= 15 is 0 Å². The van der Waals surface area contributed by atoms with E-state index in [0.717, 1.165) is 5.69 Å². The second-order valence-corrected chi connectivity index (χ2v) is 3.59. The van der Waals surface area contributed by atoms with E-state index in [0.29, 0.717) is 0 Å². The topological polar surface area (TPSA) is 30.7 Å². The first-order valence-electron chi connectivity index (χ1n) is 3.47. The monoisotopic (exact) mass is 271 g/mol. The van der Waals surface area contributed by atoms with E-state index < -0.39 is 0 Å². The zero-order valence-corrected chi connectivity index (χ0v) is 8.34. The summed E-state index contributed by atoms with van der Waals surface area (Å²) in [5.41, 5.74) is 1.08. The van der Waals surface area contributed by atoms with Gasteiger partial charge in [0.05, 0.1) is 0 Å². The second-order valence-electron chi connectivity index (χ2n) is 2.35. The molecule has 2 aromatic rings. The molecular formula is C8H6IN3. The normalized spacial score (nSPS) is 10.1. The van der Waals surface area contributed by atoms with Crippen molar-refractivity contribution in [2.45, 2.75) is 0 Å². The number of benzene rings is 1. The lowest BCUT2D eigenvalue weighted by atomic mass is 10.3. The molecule has 0 spiro atoms. The zero-order chi connectivity index (χ0) is 8.39. The molecule has 4 heteroatoms. The Morgan fingerprint density at radius 3 is 2.17 bits per heavy atom. The summed E-state index contributed by atoms with van der Waals surface area (Å²) in [5, 5.41) is 7.46. The molecule has 60 valence electrons. The number of hydrogen-bond acceptors (Lipinski definition) is 2. The molecule has 0 aliphatic heterocycles. The maximum absolute atomic E-state index is 3.73. The Bertz CT molecular complexity index is 352. The molecule has 1 aromatic heterocycles. The van der Waals surface area contributed by atoms with Crippen LogP contribution in [0.4, 0.5) is 0 Å². The summed E-state index contributed by atoms with van der Waals surface area (Å²) >= 11 is 2.27. The van der Waals surface area contributed by atoms with E-state index in [1.807, 2.05) is 16.7 Å². The minimum atomic E-state index is 1.08. The van der Waals surface area contributed by atoms with Gasteiger partial charge in [-0.15, -0.1) is 10.2 Å². The molecule has 0 unspecified atom stereocenters. The molecule has 1 aromatic carbocycles. The molecule has 0 radical (unpaired) electrons. The van der Waals surface area contributed by atoms with Gasteiger partial charge in [-0.25, -0.2) is 0 Å². The van der Waals surface area contributed by atoms with Crippen molar-refractivity contribution < 1.29 is 0 Å². The van der Waals surface area contributed by atoms with Gasteiger partial charge in [0.1, 0.15) is 12.7 Å². The van der Waals surface area contributed by atoms with Crippen LogP contribution in [-0.4, -0.2) is 14.8 Å². The fourth-order valence-electron chi connectivity index (χ4n) is 0.947. The van der Waals surface area contributed by atoms with Gasteiger partial charge < -0.3 is 0 Å². The maximum atomic E-state index is 3.73. The number of halogens is 1. The van der Waals surface area contributed by atoms with E-state index in [1.54, 1.807) is 12.7 Å². The Balaban J connectivity index is 2.43. The maximum Gasteiger partial charge on any atom is 0.123 e. The summed E-state index contributed by atoms with van der Waals surface area (Å²) in [5.74, 6) is 0. The predicted octanol–water partition coefficient (Wildman–Crippen LogP) is 1.87. The van der Waals surface area contributed by atoms with E-state index in [2.05, 4.69) is 44.9 Å². The zero-order valence-electron chi connectivity index (χ0n) is 6.18. The minimum absolute atomic E-state index is 1.08. The summed E-state index contributed by atoms with van der Waals surface area (Å²) in [7, 11) is 0. The molecule has 0 aliphatic carbocycles. The molecule has 2 rings (SSSR count). The average Bonchev–Trinajstić information content (AvgIpc) is 2.58. The molecule has 0 amide bonds. The van der Waals surface area contributed by atoms with Crippen LogP contribution in [0.25, 0.3) is 5.69 Å². The third-order valence-corrected chi connectivity index (χ3v) is 2.26. The Kier molecular flexibility index (Phi) is 2.07. The van der Waals surface area contributed by atoms with Gasteiger partial charge >= 0.3 is 0 Å². The van der Waals surface area contributed by atoms with E-state index in [1.165, 1.54) is 3.57 Å². The van der Waals surface area contributed by atoms with Crippen molar-refractivity contribution in [3.05, 3.63) is 40.5 Å². The molecule has 0 aliphatic rings. The Labute approximate surface area is 83.6 Å². The fraction of sp³-hybridized carbons (Fsp3) is 0. The highest BCUT2D eigenvalue weighted by Crippen LogP contribution is 2.09. The van der Waals surface area contributed by atoms with Crippen molar-refractivity contribution in [1.29, 1.82) is 0 Å². The van der Waals surface area contributed by atoms with Crippen LogP contribution in [0.5, 0.6) is 0 Å². The van der Waals surface area contributed by atoms with Crippen molar-refractivity contribution in [1.82, 2.24) is 14.8 Å². The van der Waals surface area contributed by atoms with Crippen LogP contribution >= 0.6 is 22.6 Å². The Morgan fingerprint density at radius 1 is 1.00 bits per heavy atom. The highest BCUT2D eigenvalue weighted by molar-refractivity contribution is 14.1. The molecule has 1 heterocycles. The van der Waals surface area contributed by atoms with Crippen LogP contribution in [0.15, 0.2) is 36.9 Å². The van der Waals surface area contributed by atoms with Gasteiger partial charge in [0, 0.05) is 9.26 Å². The van der Waals surface area contributed by atoms with E-state index in [-0.39, 0.29) is 0 Å². The molecule has 0 saturated heterocycles. The fourth-order valence-corrected chi connectivity index (χ4v) is 1.31. The van der Waals surface area contributed by atoms with Gasteiger partial charge in [0.25, 0.3) is 0 Å². The average molecular weight is 271 g/mol. The van der Waals surface area contributed by atoms with Gasteiger partial charge in [-0.1, -0.05) is 0 Å². The number of hydrogen-bond donors (Lipinski definition) is 0. The van der Waals surface area contributed by atoms with Gasteiger partial charge in [0.2, 0.25) is 0 Å². The van der Waals surface area contributed by atoms with Crippen molar-refractivity contribution >= 4 is 22.6 Å². The Morgan fingerprint density at radius 2 is 1.58 bits per heavy atom. The lowest BCUT2D eigenvalue weighted by Crippen LogP contribution is -1.88. The summed E-state index contributed by atoms with van der Waals surface area (Å²) in [4.78, 5) is 0. The van der Waals surface area contributed by atoms with E-state index in [9.17, 15) is 0 Å². The van der Waals surface area contributed by atoms with Gasteiger partial charge in [0.15, 0.2) is 0 Å². The molecule has 3 nitrogen and oxygen atoms in total. The van der Waals surface area contributed by atoms with Crippen LogP contribution in [0, 0.1) is 3.57 Å². The van der Waals surface area contributed by atoms with Gasteiger partial charge in [-0.2, -0.15) is 0 Å². The van der Waals surface area contributed by atoms with Gasteiger partial charge in [-0.3, -0.25) is 4.57 Å². The summed E-state index contributed by atoms with van der Waals surface area (Å²) in [6, 6.07) is 8.17. The quantitative estimate of drug-likeness (QED) is 0.741. The second kappa shape index (κ2) is 3.22. The highest BCUT2D eigenvalue weighted by atomic mass is 127. The van der Waals surface area contributed by atoms with Crippen molar-refractivity contribution in [2.75, 3.05) is 0 Å². The molecule has 0 N–H and O–H groups in total. The lowest BCUT2D eigenvalue weighted by molar-refractivity contribution is 1.05. The molecule has 0 fully saturated rings. The predicted molar refractivity (Wildman–Crippen MR) is 54.1 cm³/mol. The number of aromatic nitrogens is 3. The smallest absolute Gasteiger partial charge is 0.123 e. The largest absolute Gasteiger partial charge is 0.288 e. The van der Waals surface area contributed by atoms with Crippen LogP contribution in [0.1, 0.15) is 0 Å². The molecule has 0 bridgehead atoms. The van der Waals surface area contributed by atoms with Crippen molar-refractivity contribution in [2.24, 2.45) is 0 Å². The number of rotatable bonds is 1. The van der Waals surface area contributed by atoms with Crippen molar-refractivity contribution in [3.8, 4) is 5.69 Å². The summed E-state index contributed by atoms with van der Waals surface area (Å²) in [6.45, 7) is 0. The lowest BCUT2D eigenvalue weighted by Gasteiger charge is -1.99. The highest BCUT2D eigenvalue weighted by Gasteiger charge is 1.93. The standard InChI is InChI=1S/C8H6IN3/c9-7-1-3-8(4-2-7)12-5-10-11-6-12/h1-6H. The summed E-state index contributed by atoms with van der Waals surface area (Å²) < 4.78 is 3.10. The third kappa shape index (κ3) is 1.47. The Hall–Kier alpha value is -0.910. The van der Waals surface area contributed by atoms with Gasteiger partial charge in [-0.05, 0) is 46.9 Å². The minimum Gasteiger partial charge on any atom is -0.288 e. The van der Waals surface area contributed by atoms with Crippen molar-refractivity contribution in [3.63, 3.8) is 0 Å². The first kappa shape index (κ1) is 7.72. The first-order valence-corrected chi connectivity index (χ1v) is 4.55.